The summed E-state index contributed by atoms with van der Waals surface area (Å²) in [7, 11) is 0. The van der Waals surface area contributed by atoms with Gasteiger partial charge in [-0.25, -0.2) is 0 Å². The Morgan fingerprint density at radius 3 is 2.39 bits per heavy atom. The normalized spacial score (nSPS) is 13.8. The van der Waals surface area contributed by atoms with E-state index in [9.17, 15) is 29.4 Å². The van der Waals surface area contributed by atoms with Crippen molar-refractivity contribution in [2.45, 2.75) is 38.1 Å². The van der Waals surface area contributed by atoms with Crippen molar-refractivity contribution >= 4 is 34.4 Å². The Hall–Kier alpha value is -4.26. The zero-order valence-electron chi connectivity index (χ0n) is 18.9. The third kappa shape index (κ3) is 5.05. The van der Waals surface area contributed by atoms with Gasteiger partial charge in [-0.05, 0) is 12.8 Å². The van der Waals surface area contributed by atoms with E-state index in [1.54, 1.807) is 24.3 Å². The van der Waals surface area contributed by atoms with Crippen molar-refractivity contribution in [2.24, 2.45) is 0 Å². The van der Waals surface area contributed by atoms with Crippen molar-refractivity contribution in [1.29, 1.82) is 0 Å². The summed E-state index contributed by atoms with van der Waals surface area (Å²) >= 11 is 0.867. The number of anilines is 1. The molecule has 1 aromatic carbocycles. The molecule has 13 heteroatoms. The second-order valence-corrected chi connectivity index (χ2v) is 8.96. The van der Waals surface area contributed by atoms with Crippen LogP contribution in [0.3, 0.4) is 0 Å². The van der Waals surface area contributed by atoms with Crippen molar-refractivity contribution in [1.82, 2.24) is 19.2 Å². The summed E-state index contributed by atoms with van der Waals surface area (Å²) in [6.07, 6.45) is 3.52. The number of aromatic hydroxyl groups is 2. The third-order valence-electron chi connectivity index (χ3n) is 5.83. The predicted molar refractivity (Wildman–Crippen MR) is 129 cm³/mol. The number of carboxylic acid groups (broad SMARTS) is 1. The first-order valence-corrected chi connectivity index (χ1v) is 12.0. The number of carboxylic acids is 1. The number of hydrogen-bond donors (Lipinski definition) is 5. The fraction of sp³-hybridized carbons (Fsp3) is 0.304. The number of rotatable bonds is 7. The molecule has 1 aliphatic carbocycles. The molecule has 0 saturated heterocycles. The Bertz CT molecular complexity index is 1360. The highest BCUT2D eigenvalue weighted by atomic mass is 32.1. The largest absolute Gasteiger partial charge is 0.506 e. The van der Waals surface area contributed by atoms with Gasteiger partial charge in [0.25, 0.3) is 17.4 Å². The minimum absolute atomic E-state index is 0.0601. The van der Waals surface area contributed by atoms with E-state index in [1.807, 2.05) is 11.4 Å². The average Bonchev–Trinajstić information content (AvgIpc) is 3.32. The van der Waals surface area contributed by atoms with Crippen molar-refractivity contribution in [3.63, 3.8) is 0 Å². The predicted octanol–water partition coefficient (Wildman–Crippen LogP) is 2.35. The Labute approximate surface area is 208 Å². The minimum atomic E-state index is -1.36. The van der Waals surface area contributed by atoms with E-state index < -0.39 is 58.7 Å². The van der Waals surface area contributed by atoms with Gasteiger partial charge in [-0.15, -0.1) is 0 Å². The first-order valence-electron chi connectivity index (χ1n) is 11.2. The van der Waals surface area contributed by atoms with E-state index in [0.717, 1.165) is 35.4 Å². The molecule has 0 bridgehead atoms. The van der Waals surface area contributed by atoms with Crippen molar-refractivity contribution < 1.29 is 29.7 Å². The van der Waals surface area contributed by atoms with Crippen LogP contribution in [0.2, 0.25) is 0 Å². The molecule has 3 aromatic rings. The maximum Gasteiger partial charge on any atom is 0.322 e. The van der Waals surface area contributed by atoms with Gasteiger partial charge < -0.3 is 20.6 Å². The average molecular weight is 514 g/mol. The van der Waals surface area contributed by atoms with Crippen LogP contribution in [0.1, 0.15) is 58.9 Å². The minimum Gasteiger partial charge on any atom is -0.506 e. The molecule has 36 heavy (non-hydrogen) atoms. The van der Waals surface area contributed by atoms with Crippen LogP contribution in [0.15, 0.2) is 35.1 Å². The van der Waals surface area contributed by atoms with Crippen LogP contribution in [-0.2, 0) is 4.79 Å². The quantitative estimate of drug-likeness (QED) is 0.316. The first-order chi connectivity index (χ1) is 17.3. The topological polar surface area (TPSA) is 184 Å². The van der Waals surface area contributed by atoms with Crippen LogP contribution in [0.5, 0.6) is 11.6 Å². The molecule has 2 aromatic heterocycles. The smallest absolute Gasteiger partial charge is 0.322 e. The highest BCUT2D eigenvalue weighted by Crippen LogP contribution is 2.36. The van der Waals surface area contributed by atoms with Crippen LogP contribution >= 0.6 is 11.5 Å². The number of aliphatic carboxylic acids is 1. The van der Waals surface area contributed by atoms with Gasteiger partial charge in [0, 0.05) is 23.1 Å². The Balaban J connectivity index is 1.74. The lowest BCUT2D eigenvalue weighted by Crippen LogP contribution is -2.38. The lowest BCUT2D eigenvalue weighted by Gasteiger charge is -2.26. The van der Waals surface area contributed by atoms with E-state index in [0.29, 0.717) is 24.2 Å². The van der Waals surface area contributed by atoms with Crippen LogP contribution in [0.4, 0.5) is 5.13 Å². The monoisotopic (exact) mass is 513 g/mol. The molecular weight excluding hydrogens is 490 g/mol. The number of pyridine rings is 1. The van der Waals surface area contributed by atoms with Crippen LogP contribution < -0.4 is 16.2 Å². The zero-order chi connectivity index (χ0) is 25.8. The van der Waals surface area contributed by atoms with E-state index >= 15 is 0 Å². The summed E-state index contributed by atoms with van der Waals surface area (Å²) in [5.74, 6) is -5.05. The number of nitrogens with zero attached hydrogens (tertiary/aromatic N) is 3. The molecule has 1 aliphatic rings. The molecule has 2 amide bonds. The van der Waals surface area contributed by atoms with Crippen molar-refractivity contribution in [2.75, 3.05) is 11.9 Å². The fourth-order valence-corrected chi connectivity index (χ4v) is 4.73. The highest BCUT2D eigenvalue weighted by Gasteiger charge is 2.33. The number of carbonyl (C=O) groups is 3. The maximum atomic E-state index is 13.2. The summed E-state index contributed by atoms with van der Waals surface area (Å²) in [6.45, 7) is -0.809. The van der Waals surface area contributed by atoms with Crippen LogP contribution in [-0.4, -0.2) is 53.6 Å². The second-order valence-electron chi connectivity index (χ2n) is 8.21. The van der Waals surface area contributed by atoms with Gasteiger partial charge in [0.2, 0.25) is 11.0 Å². The molecule has 0 atom stereocenters. The van der Waals surface area contributed by atoms with Gasteiger partial charge in [-0.2, -0.15) is 9.36 Å². The maximum absolute atomic E-state index is 13.2. The second kappa shape index (κ2) is 10.6. The van der Waals surface area contributed by atoms with Crippen LogP contribution in [0, 0.1) is 0 Å². The SMILES string of the molecule is O=C(O)CNC(=O)c1c(O)c(C(=O)Nc2nc(-c3ccccc3)ns2)c(O)n(C2CCCCC2)c1=O. The molecule has 0 spiro atoms. The number of nitrogens with one attached hydrogen (secondary N) is 2. The van der Waals surface area contributed by atoms with E-state index in [2.05, 4.69) is 14.7 Å². The molecular formula is C23H23N5O7S. The summed E-state index contributed by atoms with van der Waals surface area (Å²) in [5, 5.41) is 35.1. The fourth-order valence-electron chi connectivity index (χ4n) is 4.14. The molecule has 12 nitrogen and oxygen atoms in total. The van der Waals surface area contributed by atoms with Crippen LogP contribution in [0.25, 0.3) is 11.4 Å². The van der Waals surface area contributed by atoms with Gasteiger partial charge in [-0.1, -0.05) is 49.6 Å². The number of aromatic nitrogens is 3. The number of amides is 2. The first kappa shape index (κ1) is 24.9. The molecule has 0 aliphatic heterocycles. The molecule has 4 rings (SSSR count). The zero-order valence-corrected chi connectivity index (χ0v) is 19.7. The van der Waals surface area contributed by atoms with Crippen molar-refractivity contribution in [3.8, 4) is 23.0 Å². The third-order valence-corrected chi connectivity index (χ3v) is 6.46. The van der Waals surface area contributed by atoms with Gasteiger partial charge in [0.1, 0.15) is 17.7 Å². The number of benzene rings is 1. The van der Waals surface area contributed by atoms with Gasteiger partial charge in [-0.3, -0.25) is 29.1 Å². The summed E-state index contributed by atoms with van der Waals surface area (Å²) in [5.41, 5.74) is -1.83. The van der Waals surface area contributed by atoms with E-state index in [-0.39, 0.29) is 5.13 Å². The Kier molecular flexibility index (Phi) is 7.29. The molecule has 1 fully saturated rings. The Morgan fingerprint density at radius 2 is 1.72 bits per heavy atom. The molecule has 188 valence electrons. The molecule has 2 heterocycles. The molecule has 0 unspecified atom stereocenters. The van der Waals surface area contributed by atoms with Gasteiger partial charge in [0.05, 0.1) is 0 Å². The summed E-state index contributed by atoms with van der Waals surface area (Å²) < 4.78 is 5.12. The van der Waals surface area contributed by atoms with Gasteiger partial charge in [0.15, 0.2) is 11.6 Å². The number of hydrogen-bond acceptors (Lipinski definition) is 9. The molecule has 1 saturated carbocycles. The lowest BCUT2D eigenvalue weighted by molar-refractivity contribution is -0.135. The highest BCUT2D eigenvalue weighted by molar-refractivity contribution is 7.10. The molecule has 0 radical (unpaired) electrons. The lowest BCUT2D eigenvalue weighted by atomic mass is 9.94. The number of carbonyl (C=O) groups excluding carboxylic acids is 2. The van der Waals surface area contributed by atoms with E-state index in [4.69, 9.17) is 5.11 Å². The van der Waals surface area contributed by atoms with E-state index in [1.165, 1.54) is 0 Å². The van der Waals surface area contributed by atoms with Crippen molar-refractivity contribution in [3.05, 3.63) is 51.8 Å². The summed E-state index contributed by atoms with van der Waals surface area (Å²) in [4.78, 5) is 54.1. The van der Waals surface area contributed by atoms with Gasteiger partial charge >= 0.3 is 5.97 Å². The standard InChI is InChI=1S/C23H23N5O7S/c29-14(30)11-24-19(32)15-17(31)16(22(35)28(21(15)34)13-9-5-2-6-10-13)20(33)26-23-25-18(27-36-23)12-7-3-1-4-8-12/h1,3-4,7-8,13,31,35H,2,5-6,9-11H2,(H,24,32)(H,29,30)(H,25,26,27,33). The summed E-state index contributed by atoms with van der Waals surface area (Å²) in [6, 6.07) is 8.50. The molecule has 5 N–H and O–H groups in total. The Morgan fingerprint density at radius 1 is 1.03 bits per heavy atom.